The molecule has 0 heterocycles. The van der Waals surface area contributed by atoms with Crippen LogP contribution >= 0.6 is 0 Å². The summed E-state index contributed by atoms with van der Waals surface area (Å²) in [7, 11) is 0. The van der Waals surface area contributed by atoms with Crippen LogP contribution in [-0.2, 0) is 9.53 Å². The van der Waals surface area contributed by atoms with Crippen LogP contribution in [0.3, 0.4) is 0 Å². The minimum absolute atomic E-state index is 0.0256. The molecule has 2 unspecified atom stereocenters. The Labute approximate surface area is 85.3 Å². The molecule has 0 fully saturated rings. The Morgan fingerprint density at radius 2 is 2.29 bits per heavy atom. The third-order valence-corrected chi connectivity index (χ3v) is 2.36. The van der Waals surface area contributed by atoms with Gasteiger partial charge in [0.25, 0.3) is 0 Å². The van der Waals surface area contributed by atoms with Gasteiger partial charge in [0.2, 0.25) is 0 Å². The van der Waals surface area contributed by atoms with Crippen LogP contribution in [0.15, 0.2) is 12.2 Å². The second-order valence-electron chi connectivity index (χ2n) is 4.24. The highest BCUT2D eigenvalue weighted by atomic mass is 16.5. The number of ether oxygens (including phenoxy) is 1. The molecule has 0 aliphatic heterocycles. The molecule has 0 radical (unpaired) electrons. The van der Waals surface area contributed by atoms with E-state index in [2.05, 4.69) is 13.8 Å². The van der Waals surface area contributed by atoms with Crippen LogP contribution in [0.5, 0.6) is 0 Å². The molecule has 0 saturated carbocycles. The van der Waals surface area contributed by atoms with Gasteiger partial charge < -0.3 is 10.5 Å². The molecular formula is C11H19NO2. The highest BCUT2D eigenvalue weighted by Crippen LogP contribution is 2.17. The fraction of sp³-hybridized carbons (Fsp3) is 0.727. The topological polar surface area (TPSA) is 52.3 Å². The number of hydrogen-bond donors (Lipinski definition) is 1. The predicted octanol–water partition coefficient (Wildman–Crippen LogP) is 1.48. The van der Waals surface area contributed by atoms with Crippen molar-refractivity contribution in [1.82, 2.24) is 0 Å². The molecule has 3 heteroatoms. The van der Waals surface area contributed by atoms with Gasteiger partial charge in [-0.3, -0.25) is 4.79 Å². The number of rotatable bonds is 4. The molecule has 0 amide bonds. The van der Waals surface area contributed by atoms with E-state index in [1.54, 1.807) is 0 Å². The fourth-order valence-electron chi connectivity index (χ4n) is 1.40. The van der Waals surface area contributed by atoms with Gasteiger partial charge in [-0.2, -0.15) is 0 Å². The second kappa shape index (κ2) is 5.15. The minimum Gasteiger partial charge on any atom is -0.465 e. The van der Waals surface area contributed by atoms with E-state index < -0.39 is 0 Å². The summed E-state index contributed by atoms with van der Waals surface area (Å²) in [5.74, 6) is 0.330. The third-order valence-electron chi connectivity index (χ3n) is 2.36. The van der Waals surface area contributed by atoms with Gasteiger partial charge in [0, 0.05) is 6.04 Å². The van der Waals surface area contributed by atoms with Crippen molar-refractivity contribution in [3.63, 3.8) is 0 Å². The molecule has 2 N–H and O–H groups in total. The molecule has 1 rings (SSSR count). The second-order valence-corrected chi connectivity index (χ2v) is 4.24. The quantitative estimate of drug-likeness (QED) is 0.548. The van der Waals surface area contributed by atoms with Gasteiger partial charge in [-0.05, 0) is 18.8 Å². The zero-order valence-corrected chi connectivity index (χ0v) is 8.90. The molecule has 0 bridgehead atoms. The van der Waals surface area contributed by atoms with Crippen LogP contribution < -0.4 is 5.73 Å². The predicted molar refractivity (Wildman–Crippen MR) is 55.6 cm³/mol. The first kappa shape index (κ1) is 11.2. The van der Waals surface area contributed by atoms with E-state index in [9.17, 15) is 4.79 Å². The molecular weight excluding hydrogens is 178 g/mol. The lowest BCUT2D eigenvalue weighted by atomic mass is 10.1. The maximum Gasteiger partial charge on any atom is 0.312 e. The van der Waals surface area contributed by atoms with Gasteiger partial charge in [-0.15, -0.1) is 0 Å². The van der Waals surface area contributed by atoms with Crippen molar-refractivity contribution < 1.29 is 9.53 Å². The van der Waals surface area contributed by atoms with Crippen molar-refractivity contribution in [2.24, 2.45) is 17.6 Å². The van der Waals surface area contributed by atoms with Gasteiger partial charge in [-0.25, -0.2) is 0 Å². The number of hydrogen-bond acceptors (Lipinski definition) is 3. The van der Waals surface area contributed by atoms with Gasteiger partial charge in [0.15, 0.2) is 0 Å². The number of carbonyl (C=O) groups excluding carboxylic acids is 1. The highest BCUT2D eigenvalue weighted by Gasteiger charge is 2.23. The summed E-state index contributed by atoms with van der Waals surface area (Å²) in [4.78, 5) is 11.4. The van der Waals surface area contributed by atoms with Crippen LogP contribution in [0.2, 0.25) is 0 Å². The summed E-state index contributed by atoms with van der Waals surface area (Å²) in [6.45, 7) is 4.74. The Kier molecular flexibility index (Phi) is 4.14. The Bertz CT molecular complexity index is 223. The SMILES string of the molecule is CC(C)CCOC(=O)C1C=CC(N)C1. The molecule has 80 valence electrons. The number of carbonyl (C=O) groups is 1. The molecule has 0 aromatic carbocycles. The Morgan fingerprint density at radius 1 is 1.57 bits per heavy atom. The summed E-state index contributed by atoms with van der Waals surface area (Å²) in [5.41, 5.74) is 5.65. The van der Waals surface area contributed by atoms with E-state index >= 15 is 0 Å². The Balaban J connectivity index is 2.19. The molecule has 14 heavy (non-hydrogen) atoms. The van der Waals surface area contributed by atoms with Crippen molar-refractivity contribution in [2.45, 2.75) is 32.7 Å². The lowest BCUT2D eigenvalue weighted by Gasteiger charge is -2.10. The van der Waals surface area contributed by atoms with E-state index in [0.29, 0.717) is 18.9 Å². The minimum atomic E-state index is -0.130. The van der Waals surface area contributed by atoms with E-state index in [0.717, 1.165) is 6.42 Å². The lowest BCUT2D eigenvalue weighted by molar-refractivity contribution is -0.147. The molecule has 3 nitrogen and oxygen atoms in total. The summed E-state index contributed by atoms with van der Waals surface area (Å²) < 4.78 is 5.14. The van der Waals surface area contributed by atoms with Gasteiger partial charge in [-0.1, -0.05) is 26.0 Å². The molecule has 1 aliphatic rings. The summed E-state index contributed by atoms with van der Waals surface area (Å²) in [6, 6.07) is 0.0256. The Morgan fingerprint density at radius 3 is 2.79 bits per heavy atom. The van der Waals surface area contributed by atoms with E-state index in [4.69, 9.17) is 10.5 Å². The standard InChI is InChI=1S/C11H19NO2/c1-8(2)5-6-14-11(13)9-3-4-10(12)7-9/h3-4,8-10H,5-7,12H2,1-2H3. The number of nitrogens with two attached hydrogens (primary N) is 1. The Hall–Kier alpha value is -0.830. The van der Waals surface area contributed by atoms with Crippen LogP contribution in [0.4, 0.5) is 0 Å². The van der Waals surface area contributed by atoms with Crippen molar-refractivity contribution in [2.75, 3.05) is 6.61 Å². The molecule has 0 aromatic rings. The van der Waals surface area contributed by atoms with Crippen molar-refractivity contribution in [3.05, 3.63) is 12.2 Å². The van der Waals surface area contributed by atoms with E-state index in [-0.39, 0.29) is 17.9 Å². The average Bonchev–Trinajstić information content (AvgIpc) is 2.51. The maximum atomic E-state index is 11.4. The summed E-state index contributed by atoms with van der Waals surface area (Å²) >= 11 is 0. The van der Waals surface area contributed by atoms with Crippen LogP contribution in [-0.4, -0.2) is 18.6 Å². The van der Waals surface area contributed by atoms with Crippen LogP contribution in [0, 0.1) is 11.8 Å². The molecule has 0 saturated heterocycles. The maximum absolute atomic E-state index is 11.4. The lowest BCUT2D eigenvalue weighted by Crippen LogP contribution is -2.21. The zero-order chi connectivity index (χ0) is 10.6. The third kappa shape index (κ3) is 3.50. The van der Waals surface area contributed by atoms with Gasteiger partial charge in [0.05, 0.1) is 12.5 Å². The largest absolute Gasteiger partial charge is 0.465 e. The van der Waals surface area contributed by atoms with Crippen LogP contribution in [0.25, 0.3) is 0 Å². The molecule has 0 spiro atoms. The molecule has 0 aromatic heterocycles. The highest BCUT2D eigenvalue weighted by molar-refractivity contribution is 5.75. The van der Waals surface area contributed by atoms with E-state index in [1.807, 2.05) is 12.2 Å². The van der Waals surface area contributed by atoms with Gasteiger partial charge in [0.1, 0.15) is 0 Å². The first-order valence-electron chi connectivity index (χ1n) is 5.20. The average molecular weight is 197 g/mol. The van der Waals surface area contributed by atoms with Crippen molar-refractivity contribution >= 4 is 5.97 Å². The molecule has 2 atom stereocenters. The smallest absolute Gasteiger partial charge is 0.312 e. The first-order valence-corrected chi connectivity index (χ1v) is 5.20. The first-order chi connectivity index (χ1) is 6.59. The monoisotopic (exact) mass is 197 g/mol. The zero-order valence-electron chi connectivity index (χ0n) is 8.90. The van der Waals surface area contributed by atoms with Gasteiger partial charge >= 0.3 is 5.97 Å². The number of esters is 1. The summed E-state index contributed by atoms with van der Waals surface area (Å²) in [6.07, 6.45) is 5.34. The van der Waals surface area contributed by atoms with E-state index in [1.165, 1.54) is 0 Å². The summed E-state index contributed by atoms with van der Waals surface area (Å²) in [5, 5.41) is 0. The van der Waals surface area contributed by atoms with Crippen LogP contribution in [0.1, 0.15) is 26.7 Å². The van der Waals surface area contributed by atoms with Crippen molar-refractivity contribution in [3.8, 4) is 0 Å². The fourth-order valence-corrected chi connectivity index (χ4v) is 1.40. The molecule has 1 aliphatic carbocycles. The van der Waals surface area contributed by atoms with Crippen molar-refractivity contribution in [1.29, 1.82) is 0 Å². The normalized spacial score (nSPS) is 25.7.